The number of nitrogens with one attached hydrogen (secondary N) is 1. The second kappa shape index (κ2) is 8.71. The minimum Gasteiger partial charge on any atom is -0.493 e. The zero-order valence-corrected chi connectivity index (χ0v) is 18.6. The Balaban J connectivity index is 2.04. The zero-order chi connectivity index (χ0) is 22.0. The molecule has 0 radical (unpaired) electrons. The molecular weight excluding hydrogens is 452 g/mol. The molecule has 7 nitrogen and oxygen atoms in total. The van der Waals surface area contributed by atoms with Gasteiger partial charge in [-0.05, 0) is 83.7 Å². The van der Waals surface area contributed by atoms with Gasteiger partial charge in [0.1, 0.15) is 5.57 Å². The molecule has 156 valence electrons. The van der Waals surface area contributed by atoms with Gasteiger partial charge in [0.25, 0.3) is 11.8 Å². The summed E-state index contributed by atoms with van der Waals surface area (Å²) in [6.45, 7) is 6.12. The number of methoxy groups -OCH3 is 1. The van der Waals surface area contributed by atoms with Crippen LogP contribution in [-0.4, -0.2) is 31.6 Å². The third-order valence-electron chi connectivity index (χ3n) is 4.70. The molecule has 1 heterocycles. The monoisotopic (exact) mass is 472 g/mol. The number of halogens is 1. The van der Waals surface area contributed by atoms with E-state index in [2.05, 4.69) is 21.2 Å². The van der Waals surface area contributed by atoms with Crippen molar-refractivity contribution in [3.63, 3.8) is 0 Å². The van der Waals surface area contributed by atoms with E-state index >= 15 is 0 Å². The number of hydrogen-bond acceptors (Lipinski definition) is 5. The van der Waals surface area contributed by atoms with E-state index in [0.717, 1.165) is 16.0 Å². The zero-order valence-electron chi connectivity index (χ0n) is 17.0. The average molecular weight is 473 g/mol. The maximum Gasteiger partial charge on any atom is 0.335 e. The van der Waals surface area contributed by atoms with Gasteiger partial charge in [-0.15, -0.1) is 0 Å². The molecule has 0 saturated carbocycles. The molecule has 30 heavy (non-hydrogen) atoms. The van der Waals surface area contributed by atoms with Gasteiger partial charge in [0, 0.05) is 0 Å². The lowest BCUT2D eigenvalue weighted by atomic mass is 10.0. The molecule has 0 aromatic heterocycles. The van der Waals surface area contributed by atoms with Crippen LogP contribution in [0, 0.1) is 13.8 Å². The predicted octanol–water partition coefficient (Wildman–Crippen LogP) is 4.14. The number of rotatable bonds is 5. The number of ether oxygens (including phenoxy) is 2. The van der Waals surface area contributed by atoms with Crippen molar-refractivity contribution in [2.45, 2.75) is 20.8 Å². The fraction of sp³-hybridized carbons (Fsp3) is 0.227. The summed E-state index contributed by atoms with van der Waals surface area (Å²) in [7, 11) is 1.50. The Hall–Kier alpha value is -3.13. The summed E-state index contributed by atoms with van der Waals surface area (Å²) in [6.07, 6.45) is 1.42. The fourth-order valence-corrected chi connectivity index (χ4v) is 3.61. The molecule has 1 saturated heterocycles. The summed E-state index contributed by atoms with van der Waals surface area (Å²) in [4.78, 5) is 38.8. The van der Waals surface area contributed by atoms with Crippen LogP contribution in [0.3, 0.4) is 0 Å². The molecule has 3 rings (SSSR count). The first kappa shape index (κ1) is 21.6. The molecule has 1 N–H and O–H groups in total. The first-order chi connectivity index (χ1) is 14.3. The van der Waals surface area contributed by atoms with E-state index in [-0.39, 0.29) is 5.57 Å². The summed E-state index contributed by atoms with van der Waals surface area (Å²) in [6, 6.07) is 7.80. The summed E-state index contributed by atoms with van der Waals surface area (Å²) < 4.78 is 11.5. The number of imide groups is 2. The van der Waals surface area contributed by atoms with Crippen LogP contribution in [0.4, 0.5) is 10.5 Å². The van der Waals surface area contributed by atoms with E-state index in [4.69, 9.17) is 9.47 Å². The molecule has 0 spiro atoms. The molecule has 0 unspecified atom stereocenters. The number of urea groups is 1. The average Bonchev–Trinajstić information content (AvgIpc) is 2.69. The highest BCUT2D eigenvalue weighted by molar-refractivity contribution is 9.10. The van der Waals surface area contributed by atoms with Crippen molar-refractivity contribution in [2.75, 3.05) is 18.6 Å². The van der Waals surface area contributed by atoms with Crippen LogP contribution in [0.1, 0.15) is 23.6 Å². The van der Waals surface area contributed by atoms with E-state index in [9.17, 15) is 14.4 Å². The van der Waals surface area contributed by atoms with Crippen molar-refractivity contribution in [1.29, 1.82) is 0 Å². The Bertz CT molecular complexity index is 1080. The molecule has 2 aromatic carbocycles. The number of hydrogen-bond donors (Lipinski definition) is 1. The molecule has 0 bridgehead atoms. The van der Waals surface area contributed by atoms with Crippen molar-refractivity contribution in [3.8, 4) is 11.5 Å². The third kappa shape index (κ3) is 4.09. The van der Waals surface area contributed by atoms with Gasteiger partial charge in [-0.3, -0.25) is 14.9 Å². The number of benzene rings is 2. The summed E-state index contributed by atoms with van der Waals surface area (Å²) in [5.74, 6) is -0.484. The Labute approximate surface area is 182 Å². The molecule has 0 aliphatic carbocycles. The fourth-order valence-electron chi connectivity index (χ4n) is 3.03. The van der Waals surface area contributed by atoms with Crippen LogP contribution in [-0.2, 0) is 9.59 Å². The van der Waals surface area contributed by atoms with Crippen LogP contribution in [0.2, 0.25) is 0 Å². The number of carbonyl (C=O) groups is 3. The van der Waals surface area contributed by atoms with Gasteiger partial charge in [0.05, 0.1) is 23.9 Å². The van der Waals surface area contributed by atoms with Gasteiger partial charge in [0.2, 0.25) is 0 Å². The van der Waals surface area contributed by atoms with Crippen LogP contribution < -0.4 is 19.7 Å². The summed E-state index contributed by atoms with van der Waals surface area (Å²) in [5, 5.41) is 2.23. The normalized spacial score (nSPS) is 15.4. The second-order valence-corrected chi connectivity index (χ2v) is 7.55. The molecule has 2 aromatic rings. The molecule has 4 amide bonds. The molecule has 1 aliphatic heterocycles. The van der Waals surface area contributed by atoms with E-state index < -0.39 is 17.8 Å². The van der Waals surface area contributed by atoms with Gasteiger partial charge in [0.15, 0.2) is 11.5 Å². The number of nitrogens with zero attached hydrogens (tertiary/aromatic N) is 1. The SMILES string of the molecule is CCOc1c(Br)cc(/C=C2\C(=O)NC(=O)N(c3ccc(C)c(C)c3)C2=O)cc1OC. The van der Waals surface area contributed by atoms with Crippen LogP contribution >= 0.6 is 15.9 Å². The van der Waals surface area contributed by atoms with Gasteiger partial charge >= 0.3 is 6.03 Å². The molecular formula is C22H21BrN2O5. The van der Waals surface area contributed by atoms with E-state index in [0.29, 0.717) is 33.8 Å². The minimum absolute atomic E-state index is 0.161. The molecule has 8 heteroatoms. The lowest BCUT2D eigenvalue weighted by molar-refractivity contribution is -0.122. The van der Waals surface area contributed by atoms with E-state index in [1.165, 1.54) is 13.2 Å². The lowest BCUT2D eigenvalue weighted by Crippen LogP contribution is -2.54. The smallest absolute Gasteiger partial charge is 0.335 e. The number of anilines is 1. The maximum atomic E-state index is 13.1. The standard InChI is InChI=1S/C22H21BrN2O5/c1-5-30-19-17(23)10-14(11-18(19)29-4)9-16-20(26)24-22(28)25(21(16)27)15-7-6-12(2)13(3)8-15/h6-11H,5H2,1-4H3,(H,24,26,28)/b16-9+. The first-order valence-electron chi connectivity index (χ1n) is 9.25. The Kier molecular flexibility index (Phi) is 6.26. The van der Waals surface area contributed by atoms with Crippen LogP contribution in [0.25, 0.3) is 6.08 Å². The molecule has 1 fully saturated rings. The Morgan fingerprint density at radius 2 is 1.83 bits per heavy atom. The largest absolute Gasteiger partial charge is 0.493 e. The van der Waals surface area contributed by atoms with Gasteiger partial charge < -0.3 is 9.47 Å². The summed E-state index contributed by atoms with van der Waals surface area (Å²) >= 11 is 3.42. The second-order valence-electron chi connectivity index (χ2n) is 6.69. The third-order valence-corrected chi connectivity index (χ3v) is 5.29. The molecule has 0 atom stereocenters. The van der Waals surface area contributed by atoms with Crippen molar-refractivity contribution in [2.24, 2.45) is 0 Å². The van der Waals surface area contributed by atoms with Gasteiger partial charge in [-0.25, -0.2) is 9.69 Å². The van der Waals surface area contributed by atoms with E-state index in [1.807, 2.05) is 26.8 Å². The van der Waals surface area contributed by atoms with Crippen LogP contribution in [0.15, 0.2) is 40.4 Å². The van der Waals surface area contributed by atoms with Gasteiger partial charge in [-0.1, -0.05) is 6.07 Å². The van der Waals surface area contributed by atoms with Crippen LogP contribution in [0.5, 0.6) is 11.5 Å². The number of carbonyl (C=O) groups excluding carboxylic acids is 3. The van der Waals surface area contributed by atoms with Gasteiger partial charge in [-0.2, -0.15) is 0 Å². The number of amides is 4. The number of barbiturate groups is 1. The predicted molar refractivity (Wildman–Crippen MR) is 117 cm³/mol. The maximum absolute atomic E-state index is 13.1. The minimum atomic E-state index is -0.782. The first-order valence-corrected chi connectivity index (χ1v) is 10.0. The highest BCUT2D eigenvalue weighted by Crippen LogP contribution is 2.37. The highest BCUT2D eigenvalue weighted by atomic mass is 79.9. The Morgan fingerprint density at radius 1 is 1.10 bits per heavy atom. The van der Waals surface area contributed by atoms with Crippen molar-refractivity contribution < 1.29 is 23.9 Å². The van der Waals surface area contributed by atoms with E-state index in [1.54, 1.807) is 24.3 Å². The van der Waals surface area contributed by atoms with Crippen molar-refractivity contribution >= 4 is 45.5 Å². The lowest BCUT2D eigenvalue weighted by Gasteiger charge is -2.27. The summed E-state index contributed by atoms with van der Waals surface area (Å²) in [5.41, 5.74) is 2.72. The van der Waals surface area contributed by atoms with Crippen molar-refractivity contribution in [3.05, 3.63) is 57.1 Å². The Morgan fingerprint density at radius 3 is 2.47 bits per heavy atom. The topological polar surface area (TPSA) is 84.9 Å². The number of aryl methyl sites for hydroxylation is 2. The highest BCUT2D eigenvalue weighted by Gasteiger charge is 2.37. The quantitative estimate of drug-likeness (QED) is 0.521. The van der Waals surface area contributed by atoms with Crippen molar-refractivity contribution in [1.82, 2.24) is 5.32 Å². The molecule has 1 aliphatic rings.